The second-order valence-electron chi connectivity index (χ2n) is 7.25. The fourth-order valence-electron chi connectivity index (χ4n) is 2.98. The number of aryl methyl sites for hydroxylation is 1. The molecule has 0 saturated carbocycles. The highest BCUT2D eigenvalue weighted by molar-refractivity contribution is 14.0. The lowest BCUT2D eigenvalue weighted by Crippen LogP contribution is -2.38. The van der Waals surface area contributed by atoms with Gasteiger partial charge in [0.1, 0.15) is 5.82 Å². The maximum atomic E-state index is 4.74. The summed E-state index contributed by atoms with van der Waals surface area (Å²) in [5.41, 5.74) is 1.25. The largest absolute Gasteiger partial charge is 0.357 e. The predicted molar refractivity (Wildman–Crippen MR) is 134 cm³/mol. The third kappa shape index (κ3) is 8.54. The Morgan fingerprint density at radius 1 is 1.17 bits per heavy atom. The monoisotopic (exact) mass is 530 g/mol. The molecule has 1 aromatic carbocycles. The number of hydrogen-bond acceptors (Lipinski definition) is 4. The number of halogens is 1. The van der Waals surface area contributed by atoms with Gasteiger partial charge in [0, 0.05) is 26.1 Å². The number of nitrogens with zero attached hydrogens (tertiary/aromatic N) is 4. The molecule has 29 heavy (non-hydrogen) atoms. The minimum Gasteiger partial charge on any atom is -0.357 e. The van der Waals surface area contributed by atoms with Gasteiger partial charge in [-0.3, -0.25) is 4.99 Å². The lowest BCUT2D eigenvalue weighted by molar-refractivity contribution is 0.477. The molecule has 0 aliphatic heterocycles. The van der Waals surface area contributed by atoms with Gasteiger partial charge in [0.25, 0.3) is 0 Å². The van der Waals surface area contributed by atoms with Crippen LogP contribution < -0.4 is 10.6 Å². The van der Waals surface area contributed by atoms with Crippen LogP contribution >= 0.6 is 35.7 Å². The van der Waals surface area contributed by atoms with E-state index < -0.39 is 0 Å². The summed E-state index contributed by atoms with van der Waals surface area (Å²) in [4.78, 5) is 4.74. The first kappa shape index (κ1) is 25.7. The SMILES string of the molecule is CCNC(=NCCCc1nnc(SC)n1CC(C)C)NC(C)c1ccccc1.I. The summed E-state index contributed by atoms with van der Waals surface area (Å²) in [6, 6.07) is 10.6. The molecule has 1 aromatic heterocycles. The van der Waals surface area contributed by atoms with E-state index in [4.69, 9.17) is 4.99 Å². The molecule has 0 fully saturated rings. The molecule has 1 unspecified atom stereocenters. The maximum Gasteiger partial charge on any atom is 0.191 e. The number of aromatic nitrogens is 3. The van der Waals surface area contributed by atoms with Gasteiger partial charge in [-0.2, -0.15) is 0 Å². The normalized spacial score (nSPS) is 12.6. The van der Waals surface area contributed by atoms with Gasteiger partial charge in [0.15, 0.2) is 11.1 Å². The molecule has 0 aliphatic carbocycles. The molecule has 1 heterocycles. The molecular weight excluding hydrogens is 495 g/mol. The summed E-state index contributed by atoms with van der Waals surface area (Å²) in [5, 5.41) is 16.5. The van der Waals surface area contributed by atoms with Gasteiger partial charge in [0.05, 0.1) is 6.04 Å². The molecular formula is C21H35IN6S. The quantitative estimate of drug-likeness (QED) is 0.156. The van der Waals surface area contributed by atoms with Crippen LogP contribution in [0.5, 0.6) is 0 Å². The highest BCUT2D eigenvalue weighted by Gasteiger charge is 2.12. The molecule has 2 N–H and O–H groups in total. The predicted octanol–water partition coefficient (Wildman–Crippen LogP) is 4.52. The van der Waals surface area contributed by atoms with E-state index in [1.165, 1.54) is 5.56 Å². The zero-order valence-electron chi connectivity index (χ0n) is 18.2. The zero-order chi connectivity index (χ0) is 20.4. The molecule has 6 nitrogen and oxygen atoms in total. The van der Waals surface area contributed by atoms with E-state index in [9.17, 15) is 0 Å². The van der Waals surface area contributed by atoms with Crippen LogP contribution in [0.15, 0.2) is 40.5 Å². The van der Waals surface area contributed by atoms with Crippen LogP contribution in [0.4, 0.5) is 0 Å². The number of nitrogens with one attached hydrogen (secondary N) is 2. The third-order valence-electron chi connectivity index (χ3n) is 4.35. The van der Waals surface area contributed by atoms with Crippen molar-refractivity contribution in [3.63, 3.8) is 0 Å². The summed E-state index contributed by atoms with van der Waals surface area (Å²) < 4.78 is 2.25. The fraction of sp³-hybridized carbons (Fsp3) is 0.571. The van der Waals surface area contributed by atoms with Crippen molar-refractivity contribution < 1.29 is 0 Å². The van der Waals surface area contributed by atoms with Crippen molar-refractivity contribution in [1.29, 1.82) is 0 Å². The number of aliphatic imine (C=N–C) groups is 1. The van der Waals surface area contributed by atoms with Crippen LogP contribution in [0.1, 0.15) is 51.5 Å². The highest BCUT2D eigenvalue weighted by atomic mass is 127. The Kier molecular flexibility index (Phi) is 12.3. The molecule has 1 atom stereocenters. The van der Waals surface area contributed by atoms with E-state index >= 15 is 0 Å². The molecule has 0 aliphatic rings. The van der Waals surface area contributed by atoms with Crippen LogP contribution in [0, 0.1) is 5.92 Å². The first-order chi connectivity index (χ1) is 13.5. The molecule has 0 radical (unpaired) electrons. The first-order valence-corrected chi connectivity index (χ1v) is 11.3. The minimum atomic E-state index is 0. The molecule has 0 amide bonds. The fourth-order valence-corrected chi connectivity index (χ4v) is 3.50. The van der Waals surface area contributed by atoms with Crippen LogP contribution in [-0.2, 0) is 13.0 Å². The topological polar surface area (TPSA) is 67.1 Å². The van der Waals surface area contributed by atoms with Crippen LogP contribution in [0.2, 0.25) is 0 Å². The lowest BCUT2D eigenvalue weighted by atomic mass is 10.1. The molecule has 0 spiro atoms. The lowest BCUT2D eigenvalue weighted by Gasteiger charge is -2.18. The van der Waals surface area contributed by atoms with Crippen LogP contribution in [-0.4, -0.2) is 40.1 Å². The molecule has 162 valence electrons. The van der Waals surface area contributed by atoms with Crippen molar-refractivity contribution in [3.8, 4) is 0 Å². The Bertz CT molecular complexity index is 732. The highest BCUT2D eigenvalue weighted by Crippen LogP contribution is 2.17. The first-order valence-electron chi connectivity index (χ1n) is 10.1. The molecule has 2 rings (SSSR count). The molecule has 0 saturated heterocycles. The van der Waals surface area contributed by atoms with Gasteiger partial charge in [-0.15, -0.1) is 34.2 Å². The second kappa shape index (κ2) is 13.8. The van der Waals surface area contributed by atoms with Gasteiger partial charge >= 0.3 is 0 Å². The van der Waals surface area contributed by atoms with Crippen LogP contribution in [0.3, 0.4) is 0 Å². The number of hydrogen-bond donors (Lipinski definition) is 2. The minimum absolute atomic E-state index is 0. The third-order valence-corrected chi connectivity index (χ3v) is 5.02. The molecule has 8 heteroatoms. The van der Waals surface area contributed by atoms with Crippen molar-refractivity contribution in [2.24, 2.45) is 10.9 Å². The summed E-state index contributed by atoms with van der Waals surface area (Å²) in [5.74, 6) is 2.49. The number of benzene rings is 1. The summed E-state index contributed by atoms with van der Waals surface area (Å²) in [6.45, 7) is 11.2. The Balaban J connectivity index is 0.00000420. The van der Waals surface area contributed by atoms with Gasteiger partial charge in [0.2, 0.25) is 0 Å². The maximum absolute atomic E-state index is 4.74. The van der Waals surface area contributed by atoms with Crippen molar-refractivity contribution in [2.45, 2.75) is 58.3 Å². The van der Waals surface area contributed by atoms with E-state index in [2.05, 4.69) is 83.6 Å². The van der Waals surface area contributed by atoms with Crippen molar-refractivity contribution in [2.75, 3.05) is 19.3 Å². The Morgan fingerprint density at radius 2 is 1.90 bits per heavy atom. The van der Waals surface area contributed by atoms with E-state index in [0.29, 0.717) is 5.92 Å². The number of guanidine groups is 1. The van der Waals surface area contributed by atoms with Gasteiger partial charge in [-0.25, -0.2) is 0 Å². The van der Waals surface area contributed by atoms with Gasteiger partial charge in [-0.1, -0.05) is 55.9 Å². The smallest absolute Gasteiger partial charge is 0.191 e. The Hall–Kier alpha value is -1.29. The van der Waals surface area contributed by atoms with E-state index in [1.54, 1.807) is 11.8 Å². The van der Waals surface area contributed by atoms with Gasteiger partial charge < -0.3 is 15.2 Å². The van der Waals surface area contributed by atoms with Gasteiger partial charge in [-0.05, 0) is 38.0 Å². The number of thioether (sulfide) groups is 1. The van der Waals surface area contributed by atoms with E-state index in [-0.39, 0.29) is 30.0 Å². The zero-order valence-corrected chi connectivity index (χ0v) is 21.3. The average molecular weight is 531 g/mol. The summed E-state index contributed by atoms with van der Waals surface area (Å²) in [7, 11) is 0. The summed E-state index contributed by atoms with van der Waals surface area (Å²) >= 11 is 1.66. The van der Waals surface area contributed by atoms with Crippen molar-refractivity contribution in [1.82, 2.24) is 25.4 Å². The van der Waals surface area contributed by atoms with Crippen molar-refractivity contribution in [3.05, 3.63) is 41.7 Å². The number of rotatable bonds is 10. The molecule has 2 aromatic rings. The summed E-state index contributed by atoms with van der Waals surface area (Å²) in [6.07, 6.45) is 3.88. The molecule has 0 bridgehead atoms. The second-order valence-corrected chi connectivity index (χ2v) is 8.02. The van der Waals surface area contributed by atoms with Crippen LogP contribution in [0.25, 0.3) is 0 Å². The van der Waals surface area contributed by atoms with E-state index in [1.807, 2.05) is 6.07 Å². The Morgan fingerprint density at radius 3 is 2.52 bits per heavy atom. The van der Waals surface area contributed by atoms with E-state index in [0.717, 1.165) is 49.4 Å². The standard InChI is InChI=1S/C21H34N6S.HI/c1-6-22-20(24-17(4)18-11-8-7-9-12-18)23-14-10-13-19-25-26-21(28-5)27(19)15-16(2)3;/h7-9,11-12,16-17H,6,10,13-15H2,1-5H3,(H2,22,23,24);1H. The van der Waals surface area contributed by atoms with Crippen molar-refractivity contribution >= 4 is 41.7 Å². The average Bonchev–Trinajstić information content (AvgIpc) is 3.06. The Labute approximate surface area is 196 Å².